The molecule has 2 N–H and O–H groups in total. The highest BCUT2D eigenvalue weighted by Gasteiger charge is 2.21. The summed E-state index contributed by atoms with van der Waals surface area (Å²) in [6, 6.07) is 1.47. The molecule has 7 heteroatoms. The van der Waals surface area contributed by atoms with Gasteiger partial charge in [0.15, 0.2) is 0 Å². The maximum Gasteiger partial charge on any atom is 0.308 e. The number of carbonyl (C=O) groups is 2. The van der Waals surface area contributed by atoms with Gasteiger partial charge >= 0.3 is 5.97 Å². The number of carbonyl (C=O) groups excluding carboxylic acids is 1. The molecule has 0 aromatic carbocycles. The Bertz CT molecular complexity index is 474. The zero-order chi connectivity index (χ0) is 14.6. The molecule has 0 fully saturated rings. The third kappa shape index (κ3) is 5.01. The number of carboxylic acids is 1. The predicted octanol–water partition coefficient (Wildman–Crippen LogP) is 3.53. The van der Waals surface area contributed by atoms with Gasteiger partial charge in [-0.3, -0.25) is 9.59 Å². The molecular formula is C12H15Cl2NO3S. The SMILES string of the molecule is CC(C)CC(CNC(=O)c1cc(Cl)sc1Cl)C(=O)O. The summed E-state index contributed by atoms with van der Waals surface area (Å²) in [6.07, 6.45) is 0.508. The first kappa shape index (κ1) is 16.3. The van der Waals surface area contributed by atoms with Gasteiger partial charge in [0.25, 0.3) is 5.91 Å². The van der Waals surface area contributed by atoms with Gasteiger partial charge in [-0.25, -0.2) is 0 Å². The van der Waals surface area contributed by atoms with Crippen molar-refractivity contribution >= 4 is 46.4 Å². The molecule has 1 rings (SSSR count). The van der Waals surface area contributed by atoms with Crippen molar-refractivity contribution in [1.29, 1.82) is 0 Å². The molecule has 0 spiro atoms. The number of nitrogens with one attached hydrogen (secondary N) is 1. The molecule has 0 aliphatic heterocycles. The first-order valence-electron chi connectivity index (χ1n) is 5.77. The molecule has 1 atom stereocenters. The van der Waals surface area contributed by atoms with Crippen LogP contribution >= 0.6 is 34.5 Å². The number of aliphatic carboxylic acids is 1. The second-order valence-electron chi connectivity index (χ2n) is 4.61. The van der Waals surface area contributed by atoms with E-state index in [9.17, 15) is 9.59 Å². The highest BCUT2D eigenvalue weighted by atomic mass is 35.5. The van der Waals surface area contributed by atoms with E-state index in [1.54, 1.807) is 0 Å². The number of thiophene rings is 1. The Morgan fingerprint density at radius 1 is 1.42 bits per heavy atom. The summed E-state index contributed by atoms with van der Waals surface area (Å²) in [5.74, 6) is -1.67. The van der Waals surface area contributed by atoms with Gasteiger partial charge in [-0.15, -0.1) is 11.3 Å². The lowest BCUT2D eigenvalue weighted by Gasteiger charge is -2.15. The highest BCUT2D eigenvalue weighted by Crippen LogP contribution is 2.31. The van der Waals surface area contributed by atoms with E-state index < -0.39 is 17.8 Å². The molecule has 19 heavy (non-hydrogen) atoms. The summed E-state index contributed by atoms with van der Waals surface area (Å²) in [6.45, 7) is 3.96. The van der Waals surface area contributed by atoms with E-state index in [2.05, 4.69) is 5.32 Å². The van der Waals surface area contributed by atoms with Crippen LogP contribution in [0.1, 0.15) is 30.6 Å². The maximum absolute atomic E-state index is 11.9. The summed E-state index contributed by atoms with van der Waals surface area (Å²) in [4.78, 5) is 22.9. The van der Waals surface area contributed by atoms with Crippen LogP contribution in [0.4, 0.5) is 0 Å². The van der Waals surface area contributed by atoms with Gasteiger partial charge in [0.1, 0.15) is 4.34 Å². The summed E-state index contributed by atoms with van der Waals surface area (Å²) in [7, 11) is 0. The number of hydrogen-bond donors (Lipinski definition) is 2. The molecule has 0 radical (unpaired) electrons. The van der Waals surface area contributed by atoms with E-state index in [1.165, 1.54) is 6.07 Å². The fraction of sp³-hybridized carbons (Fsp3) is 0.500. The zero-order valence-electron chi connectivity index (χ0n) is 10.6. The molecule has 0 saturated carbocycles. The Morgan fingerprint density at radius 3 is 2.47 bits per heavy atom. The van der Waals surface area contributed by atoms with Crippen LogP contribution in [-0.4, -0.2) is 23.5 Å². The summed E-state index contributed by atoms with van der Waals surface area (Å²) in [5.41, 5.74) is 0.283. The van der Waals surface area contributed by atoms with Gasteiger partial charge in [-0.1, -0.05) is 37.0 Å². The van der Waals surface area contributed by atoms with Gasteiger partial charge in [0.05, 0.1) is 15.8 Å². The molecule has 1 aromatic rings. The molecule has 106 valence electrons. The van der Waals surface area contributed by atoms with Crippen molar-refractivity contribution in [3.8, 4) is 0 Å². The lowest BCUT2D eigenvalue weighted by molar-refractivity contribution is -0.142. The number of hydrogen-bond acceptors (Lipinski definition) is 3. The zero-order valence-corrected chi connectivity index (χ0v) is 12.9. The standard InChI is InChI=1S/C12H15Cl2NO3S/c1-6(2)3-7(12(17)18)5-15-11(16)8-4-9(13)19-10(8)14/h4,6-7H,3,5H2,1-2H3,(H,15,16)(H,17,18). The van der Waals surface area contributed by atoms with E-state index >= 15 is 0 Å². The fourth-order valence-electron chi connectivity index (χ4n) is 1.65. The van der Waals surface area contributed by atoms with E-state index in [4.69, 9.17) is 28.3 Å². The molecule has 0 saturated heterocycles. The monoisotopic (exact) mass is 323 g/mol. The lowest BCUT2D eigenvalue weighted by Crippen LogP contribution is -2.33. The minimum atomic E-state index is -0.913. The summed E-state index contributed by atoms with van der Waals surface area (Å²) < 4.78 is 0.727. The van der Waals surface area contributed by atoms with Crippen molar-refractivity contribution in [2.45, 2.75) is 20.3 Å². The third-order valence-electron chi connectivity index (χ3n) is 2.52. The second-order valence-corrected chi connectivity index (χ2v) is 6.90. The van der Waals surface area contributed by atoms with Crippen LogP contribution in [0.2, 0.25) is 8.67 Å². The quantitative estimate of drug-likeness (QED) is 0.841. The van der Waals surface area contributed by atoms with Crippen LogP contribution < -0.4 is 5.32 Å². The topological polar surface area (TPSA) is 66.4 Å². The second kappa shape index (κ2) is 7.12. The van der Waals surface area contributed by atoms with Crippen LogP contribution in [0.15, 0.2) is 6.07 Å². The Kier molecular flexibility index (Phi) is 6.10. The van der Waals surface area contributed by atoms with Crippen molar-refractivity contribution in [3.05, 3.63) is 20.3 Å². The smallest absolute Gasteiger partial charge is 0.308 e. The largest absolute Gasteiger partial charge is 0.481 e. The van der Waals surface area contributed by atoms with Gasteiger partial charge < -0.3 is 10.4 Å². The van der Waals surface area contributed by atoms with Crippen molar-refractivity contribution in [1.82, 2.24) is 5.32 Å². The minimum Gasteiger partial charge on any atom is -0.481 e. The Hall–Kier alpha value is -0.780. The Balaban J connectivity index is 2.62. The van der Waals surface area contributed by atoms with E-state index in [1.807, 2.05) is 13.8 Å². The van der Waals surface area contributed by atoms with E-state index in [0.29, 0.717) is 15.1 Å². The van der Waals surface area contributed by atoms with Gasteiger partial charge in [-0.05, 0) is 18.4 Å². The summed E-state index contributed by atoms with van der Waals surface area (Å²) in [5, 5.41) is 11.7. The average molecular weight is 324 g/mol. The Morgan fingerprint density at radius 2 is 2.05 bits per heavy atom. The molecule has 1 aromatic heterocycles. The number of carboxylic acid groups (broad SMARTS) is 1. The predicted molar refractivity (Wildman–Crippen MR) is 77.3 cm³/mol. The third-order valence-corrected chi connectivity index (χ3v) is 4.00. The molecule has 0 aliphatic rings. The van der Waals surface area contributed by atoms with Crippen LogP contribution in [0.5, 0.6) is 0 Å². The molecule has 1 amide bonds. The van der Waals surface area contributed by atoms with Crippen LogP contribution in [0, 0.1) is 11.8 Å². The lowest BCUT2D eigenvalue weighted by atomic mass is 9.97. The minimum absolute atomic E-state index is 0.0795. The maximum atomic E-state index is 11.9. The van der Waals surface area contributed by atoms with E-state index in [-0.39, 0.29) is 18.0 Å². The molecule has 0 bridgehead atoms. The molecular weight excluding hydrogens is 309 g/mol. The van der Waals surface area contributed by atoms with Crippen LogP contribution in [-0.2, 0) is 4.79 Å². The Labute approximate surface area is 125 Å². The molecule has 1 unspecified atom stereocenters. The fourth-order valence-corrected chi connectivity index (χ4v) is 3.11. The number of amides is 1. The summed E-state index contributed by atoms with van der Waals surface area (Å²) >= 11 is 12.7. The molecule has 4 nitrogen and oxygen atoms in total. The van der Waals surface area contributed by atoms with Crippen molar-refractivity contribution in [2.24, 2.45) is 11.8 Å². The van der Waals surface area contributed by atoms with E-state index in [0.717, 1.165) is 11.3 Å². The van der Waals surface area contributed by atoms with Gasteiger partial charge in [0, 0.05) is 6.54 Å². The number of halogens is 2. The number of rotatable bonds is 6. The molecule has 0 aliphatic carbocycles. The van der Waals surface area contributed by atoms with Crippen LogP contribution in [0.3, 0.4) is 0 Å². The van der Waals surface area contributed by atoms with Gasteiger partial charge in [-0.2, -0.15) is 0 Å². The highest BCUT2D eigenvalue weighted by molar-refractivity contribution is 7.20. The van der Waals surface area contributed by atoms with Gasteiger partial charge in [0.2, 0.25) is 0 Å². The van der Waals surface area contributed by atoms with Crippen molar-refractivity contribution in [2.75, 3.05) is 6.54 Å². The van der Waals surface area contributed by atoms with Crippen molar-refractivity contribution in [3.63, 3.8) is 0 Å². The normalized spacial score (nSPS) is 12.5. The first-order chi connectivity index (χ1) is 8.81. The molecule has 1 heterocycles. The van der Waals surface area contributed by atoms with Crippen molar-refractivity contribution < 1.29 is 14.7 Å². The average Bonchev–Trinajstić information content (AvgIpc) is 2.62. The first-order valence-corrected chi connectivity index (χ1v) is 7.34. The van der Waals surface area contributed by atoms with Crippen LogP contribution in [0.25, 0.3) is 0 Å².